The Morgan fingerprint density at radius 1 is 1.12 bits per heavy atom. The average Bonchev–Trinajstić information content (AvgIpc) is 2.78. The minimum atomic E-state index is 0.653. The molecule has 1 aliphatic heterocycles. The Hall–Kier alpha value is -1.50. The van der Waals surface area contributed by atoms with Crippen LogP contribution >= 0.6 is 0 Å². The zero-order valence-electron chi connectivity index (χ0n) is 10.9. The minimum absolute atomic E-state index is 0.653. The van der Waals surface area contributed by atoms with Gasteiger partial charge in [0.15, 0.2) is 0 Å². The Morgan fingerprint density at radius 2 is 1.82 bits per heavy atom. The van der Waals surface area contributed by atoms with E-state index in [1.165, 1.54) is 29.5 Å². The number of allylic oxidation sites excluding steroid dienone is 3. The Kier molecular flexibility index (Phi) is 3.68. The van der Waals surface area contributed by atoms with E-state index in [1.54, 1.807) is 0 Å². The molecule has 1 radical (unpaired) electrons. The summed E-state index contributed by atoms with van der Waals surface area (Å²) >= 11 is 0. The van der Waals surface area contributed by atoms with Crippen LogP contribution < -0.4 is 5.32 Å². The van der Waals surface area contributed by atoms with Crippen LogP contribution in [0.25, 0.3) is 5.57 Å². The third-order valence-corrected chi connectivity index (χ3v) is 3.58. The molecule has 0 atom stereocenters. The van der Waals surface area contributed by atoms with Gasteiger partial charge in [-0.25, -0.2) is 0 Å². The Bertz CT molecular complexity index is 450. The van der Waals surface area contributed by atoms with Crippen LogP contribution in [0.1, 0.15) is 50.7 Å². The molecule has 0 spiro atoms. The van der Waals surface area contributed by atoms with Crippen LogP contribution in [-0.4, -0.2) is 0 Å². The first kappa shape index (κ1) is 12.0. The molecule has 0 amide bonds. The van der Waals surface area contributed by atoms with Crippen molar-refractivity contribution in [3.63, 3.8) is 0 Å². The third kappa shape index (κ3) is 2.28. The zero-order chi connectivity index (χ0) is 12.3. The predicted octanol–water partition coefficient (Wildman–Crippen LogP) is 4.45. The van der Waals surface area contributed by atoms with E-state index in [1.807, 2.05) is 6.20 Å². The molecule has 0 unspecified atom stereocenters. The first-order valence-electron chi connectivity index (χ1n) is 6.45. The summed E-state index contributed by atoms with van der Waals surface area (Å²) in [5.41, 5.74) is 5.24. The van der Waals surface area contributed by atoms with Crippen LogP contribution in [0.2, 0.25) is 0 Å². The number of hydrogen-bond donors (Lipinski definition) is 0. The van der Waals surface area contributed by atoms with Crippen molar-refractivity contribution in [1.82, 2.24) is 5.32 Å². The zero-order valence-corrected chi connectivity index (χ0v) is 10.9. The highest BCUT2D eigenvalue weighted by Gasteiger charge is 2.16. The summed E-state index contributed by atoms with van der Waals surface area (Å²) in [5, 5.41) is 4.35. The van der Waals surface area contributed by atoms with E-state index >= 15 is 0 Å². The van der Waals surface area contributed by atoms with Crippen molar-refractivity contribution >= 4 is 5.57 Å². The number of hydrogen-bond acceptors (Lipinski definition) is 0. The van der Waals surface area contributed by atoms with Crippen LogP contribution in [0.3, 0.4) is 0 Å². The maximum atomic E-state index is 4.35. The van der Waals surface area contributed by atoms with Crippen LogP contribution in [0.4, 0.5) is 0 Å². The van der Waals surface area contributed by atoms with Gasteiger partial charge in [0.2, 0.25) is 0 Å². The summed E-state index contributed by atoms with van der Waals surface area (Å²) in [5.74, 6) is 0.653. The standard InChI is InChI=1S/C16H20N/c1-4-13(5-2)15-8-6-7-9-16(15)14-10-11-17-12(14)3/h6-11,13H,4-5H2,1-3H3. The second-order valence-electron chi connectivity index (χ2n) is 4.54. The lowest BCUT2D eigenvalue weighted by atomic mass is 9.87. The molecule has 0 aromatic heterocycles. The molecular weight excluding hydrogens is 206 g/mol. The first-order valence-corrected chi connectivity index (χ1v) is 6.45. The van der Waals surface area contributed by atoms with Gasteiger partial charge in [-0.15, -0.1) is 0 Å². The fourth-order valence-electron chi connectivity index (χ4n) is 2.53. The van der Waals surface area contributed by atoms with Crippen molar-refractivity contribution in [2.24, 2.45) is 0 Å². The largest absolute Gasteiger partial charge is 0.261 e. The van der Waals surface area contributed by atoms with Crippen molar-refractivity contribution in [1.29, 1.82) is 0 Å². The quantitative estimate of drug-likeness (QED) is 0.720. The van der Waals surface area contributed by atoms with Crippen LogP contribution in [0.15, 0.2) is 42.2 Å². The van der Waals surface area contributed by atoms with Crippen molar-refractivity contribution in [2.45, 2.75) is 39.5 Å². The summed E-state index contributed by atoms with van der Waals surface area (Å²) in [6.45, 7) is 6.61. The molecule has 1 aromatic rings. The van der Waals surface area contributed by atoms with Gasteiger partial charge in [-0.2, -0.15) is 0 Å². The molecule has 0 N–H and O–H groups in total. The number of benzene rings is 1. The molecular formula is C16H20N. The highest BCUT2D eigenvalue weighted by molar-refractivity contribution is 5.80. The summed E-state index contributed by atoms with van der Waals surface area (Å²) in [6, 6.07) is 8.74. The van der Waals surface area contributed by atoms with Gasteiger partial charge in [0.1, 0.15) is 0 Å². The van der Waals surface area contributed by atoms with E-state index in [4.69, 9.17) is 0 Å². The van der Waals surface area contributed by atoms with Crippen molar-refractivity contribution in [3.05, 3.63) is 53.4 Å². The van der Waals surface area contributed by atoms with Crippen molar-refractivity contribution in [2.75, 3.05) is 0 Å². The molecule has 0 aliphatic carbocycles. The number of rotatable bonds is 4. The van der Waals surface area contributed by atoms with E-state index in [-0.39, 0.29) is 0 Å². The Labute approximate surface area is 104 Å². The van der Waals surface area contributed by atoms with Gasteiger partial charge in [-0.05, 0) is 42.9 Å². The average molecular weight is 226 g/mol. The lowest BCUT2D eigenvalue weighted by Gasteiger charge is -2.18. The monoisotopic (exact) mass is 226 g/mol. The van der Waals surface area contributed by atoms with Gasteiger partial charge in [-0.1, -0.05) is 38.1 Å². The highest BCUT2D eigenvalue weighted by Crippen LogP contribution is 2.33. The molecule has 1 heteroatoms. The molecule has 0 bridgehead atoms. The minimum Gasteiger partial charge on any atom is -0.261 e. The van der Waals surface area contributed by atoms with Crippen molar-refractivity contribution in [3.8, 4) is 0 Å². The third-order valence-electron chi connectivity index (χ3n) is 3.58. The van der Waals surface area contributed by atoms with Gasteiger partial charge in [0, 0.05) is 17.5 Å². The van der Waals surface area contributed by atoms with Gasteiger partial charge < -0.3 is 0 Å². The van der Waals surface area contributed by atoms with Crippen LogP contribution in [0.5, 0.6) is 0 Å². The Balaban J connectivity index is 2.47. The Morgan fingerprint density at radius 3 is 2.41 bits per heavy atom. The highest BCUT2D eigenvalue weighted by atomic mass is 14.9. The van der Waals surface area contributed by atoms with Crippen molar-refractivity contribution < 1.29 is 0 Å². The fourth-order valence-corrected chi connectivity index (χ4v) is 2.53. The molecule has 89 valence electrons. The lowest BCUT2D eigenvalue weighted by molar-refractivity contribution is 0.640. The molecule has 2 rings (SSSR count). The molecule has 0 saturated carbocycles. The second-order valence-corrected chi connectivity index (χ2v) is 4.54. The maximum absolute atomic E-state index is 4.35. The van der Waals surface area contributed by atoms with Gasteiger partial charge in [0.05, 0.1) is 0 Å². The maximum Gasteiger partial charge on any atom is 0.0451 e. The molecule has 0 saturated heterocycles. The molecule has 17 heavy (non-hydrogen) atoms. The summed E-state index contributed by atoms with van der Waals surface area (Å²) in [4.78, 5) is 0. The topological polar surface area (TPSA) is 14.1 Å². The summed E-state index contributed by atoms with van der Waals surface area (Å²) in [6.07, 6.45) is 6.41. The first-order chi connectivity index (χ1) is 8.27. The normalized spacial score (nSPS) is 14.6. The van der Waals surface area contributed by atoms with E-state index in [2.05, 4.69) is 56.4 Å². The molecule has 0 fully saturated rings. The summed E-state index contributed by atoms with van der Waals surface area (Å²) < 4.78 is 0. The summed E-state index contributed by atoms with van der Waals surface area (Å²) in [7, 11) is 0. The van der Waals surface area contributed by atoms with E-state index in [0.29, 0.717) is 5.92 Å². The van der Waals surface area contributed by atoms with E-state index in [9.17, 15) is 0 Å². The van der Waals surface area contributed by atoms with Gasteiger partial charge in [-0.3, -0.25) is 5.32 Å². The smallest absolute Gasteiger partial charge is 0.0451 e. The predicted molar refractivity (Wildman–Crippen MR) is 73.6 cm³/mol. The second kappa shape index (κ2) is 5.22. The van der Waals surface area contributed by atoms with E-state index < -0.39 is 0 Å². The molecule has 1 heterocycles. The molecule has 1 aliphatic rings. The van der Waals surface area contributed by atoms with Gasteiger partial charge >= 0.3 is 0 Å². The lowest BCUT2D eigenvalue weighted by Crippen LogP contribution is -2.01. The van der Waals surface area contributed by atoms with Gasteiger partial charge in [0.25, 0.3) is 0 Å². The number of nitrogens with zero attached hydrogens (tertiary/aromatic N) is 1. The van der Waals surface area contributed by atoms with Crippen LogP contribution in [0, 0.1) is 0 Å². The fraction of sp³-hybridized carbons (Fsp3) is 0.375. The SMILES string of the molecule is CCC(CC)c1ccccc1C1=C(C)[N]C=C1. The van der Waals surface area contributed by atoms with Crippen LogP contribution in [-0.2, 0) is 0 Å². The van der Waals surface area contributed by atoms with E-state index in [0.717, 1.165) is 5.70 Å². The molecule has 1 aromatic carbocycles. The molecule has 1 nitrogen and oxygen atoms in total.